The highest BCUT2D eigenvalue weighted by molar-refractivity contribution is 5.49. The van der Waals surface area contributed by atoms with Crippen molar-refractivity contribution in [2.45, 2.75) is 45.1 Å². The predicted octanol–water partition coefficient (Wildman–Crippen LogP) is 2.42. The Hall–Kier alpha value is -1.10. The highest BCUT2D eigenvalue weighted by atomic mass is 16.5. The monoisotopic (exact) mass is 292 g/mol. The van der Waals surface area contributed by atoms with Crippen LogP contribution >= 0.6 is 0 Å². The van der Waals surface area contributed by atoms with E-state index in [2.05, 4.69) is 55.3 Å². The van der Waals surface area contributed by atoms with Crippen molar-refractivity contribution >= 4 is 5.69 Å². The van der Waals surface area contributed by atoms with Crippen molar-refractivity contribution in [3.63, 3.8) is 0 Å². The van der Waals surface area contributed by atoms with Crippen molar-refractivity contribution in [3.8, 4) is 0 Å². The van der Waals surface area contributed by atoms with Gasteiger partial charge in [0, 0.05) is 45.1 Å². The van der Waals surface area contributed by atoms with Gasteiger partial charge in [0.05, 0.1) is 0 Å². The molecule has 0 bridgehead atoms. The Morgan fingerprint density at radius 1 is 1.05 bits per heavy atom. The summed E-state index contributed by atoms with van der Waals surface area (Å²) in [4.78, 5) is 2.32. The minimum atomic E-state index is 0.144. The van der Waals surface area contributed by atoms with Gasteiger partial charge in [0.25, 0.3) is 0 Å². The highest BCUT2D eigenvalue weighted by Gasteiger charge is 2.32. The third kappa shape index (κ3) is 4.43. The molecule has 1 saturated heterocycles. The van der Waals surface area contributed by atoms with Crippen LogP contribution in [0, 0.1) is 0 Å². The quantitative estimate of drug-likeness (QED) is 0.904. The summed E-state index contributed by atoms with van der Waals surface area (Å²) in [6.45, 7) is 9.21. The molecule has 1 N–H and O–H groups in total. The Morgan fingerprint density at radius 3 is 2.00 bits per heavy atom. The highest BCUT2D eigenvalue weighted by Crippen LogP contribution is 2.23. The lowest BCUT2D eigenvalue weighted by atomic mass is 10.1. The number of hydrogen-bond acceptors (Lipinski definition) is 4. The lowest BCUT2D eigenvalue weighted by Gasteiger charge is -2.21. The SMILES string of the molecule is COC1CN(c2ccc(CNC(C)(C)C)cc2)CC1OC. The van der Waals surface area contributed by atoms with E-state index >= 15 is 0 Å². The van der Waals surface area contributed by atoms with Gasteiger partial charge in [0.1, 0.15) is 12.2 Å². The lowest BCUT2D eigenvalue weighted by molar-refractivity contribution is -0.00461. The summed E-state index contributed by atoms with van der Waals surface area (Å²) in [6, 6.07) is 8.75. The molecule has 0 amide bonds. The van der Waals surface area contributed by atoms with Crippen molar-refractivity contribution in [1.82, 2.24) is 5.32 Å². The molecule has 1 aromatic carbocycles. The molecule has 0 aromatic heterocycles. The van der Waals surface area contributed by atoms with E-state index in [0.717, 1.165) is 19.6 Å². The molecule has 1 aromatic rings. The van der Waals surface area contributed by atoms with E-state index < -0.39 is 0 Å². The molecule has 4 heteroatoms. The molecule has 0 radical (unpaired) electrons. The molecule has 1 aliphatic heterocycles. The molecule has 2 rings (SSSR count). The third-order valence-electron chi connectivity index (χ3n) is 3.95. The number of hydrogen-bond donors (Lipinski definition) is 1. The van der Waals surface area contributed by atoms with Crippen LogP contribution in [0.5, 0.6) is 0 Å². The lowest BCUT2D eigenvalue weighted by Crippen LogP contribution is -2.35. The Kier molecular flexibility index (Phi) is 5.25. The normalized spacial score (nSPS) is 22.8. The zero-order valence-corrected chi connectivity index (χ0v) is 13.8. The summed E-state index contributed by atoms with van der Waals surface area (Å²) in [5.41, 5.74) is 2.68. The number of rotatable bonds is 5. The van der Waals surface area contributed by atoms with Crippen LogP contribution < -0.4 is 10.2 Å². The summed E-state index contributed by atoms with van der Waals surface area (Å²) in [6.07, 6.45) is 0.300. The zero-order chi connectivity index (χ0) is 15.5. The van der Waals surface area contributed by atoms with Gasteiger partial charge < -0.3 is 19.7 Å². The van der Waals surface area contributed by atoms with Crippen molar-refractivity contribution < 1.29 is 9.47 Å². The summed E-state index contributed by atoms with van der Waals surface area (Å²) in [5.74, 6) is 0. The van der Waals surface area contributed by atoms with Gasteiger partial charge in [0.15, 0.2) is 0 Å². The van der Waals surface area contributed by atoms with Crippen LogP contribution in [0.1, 0.15) is 26.3 Å². The fraction of sp³-hybridized carbons (Fsp3) is 0.647. The Balaban J connectivity index is 1.96. The van der Waals surface area contributed by atoms with Gasteiger partial charge in [0.2, 0.25) is 0 Å². The van der Waals surface area contributed by atoms with Crippen LogP contribution in [0.4, 0.5) is 5.69 Å². The van der Waals surface area contributed by atoms with E-state index in [9.17, 15) is 0 Å². The van der Waals surface area contributed by atoms with E-state index in [1.54, 1.807) is 14.2 Å². The minimum absolute atomic E-state index is 0.144. The first-order chi connectivity index (χ1) is 9.93. The zero-order valence-electron chi connectivity index (χ0n) is 13.8. The predicted molar refractivity (Wildman–Crippen MR) is 86.8 cm³/mol. The first-order valence-corrected chi connectivity index (χ1v) is 7.57. The Morgan fingerprint density at radius 2 is 1.57 bits per heavy atom. The average molecular weight is 292 g/mol. The second kappa shape index (κ2) is 6.77. The molecule has 118 valence electrons. The van der Waals surface area contributed by atoms with Crippen molar-refractivity contribution in [3.05, 3.63) is 29.8 Å². The molecule has 1 heterocycles. The second-order valence-electron chi connectivity index (χ2n) is 6.72. The van der Waals surface area contributed by atoms with Gasteiger partial charge in [-0.1, -0.05) is 12.1 Å². The topological polar surface area (TPSA) is 33.7 Å². The average Bonchev–Trinajstić information content (AvgIpc) is 2.88. The third-order valence-corrected chi connectivity index (χ3v) is 3.95. The smallest absolute Gasteiger partial charge is 0.102 e. The molecule has 1 aliphatic rings. The summed E-state index contributed by atoms with van der Waals surface area (Å²) in [5, 5.41) is 3.51. The number of benzene rings is 1. The van der Waals surface area contributed by atoms with Gasteiger partial charge >= 0.3 is 0 Å². The van der Waals surface area contributed by atoms with Crippen molar-refractivity contribution in [1.29, 1.82) is 0 Å². The van der Waals surface area contributed by atoms with Crippen LogP contribution in [0.25, 0.3) is 0 Å². The molecule has 21 heavy (non-hydrogen) atoms. The molecular weight excluding hydrogens is 264 g/mol. The number of nitrogens with zero attached hydrogens (tertiary/aromatic N) is 1. The number of nitrogens with one attached hydrogen (secondary N) is 1. The Labute approximate surface area is 128 Å². The van der Waals surface area contributed by atoms with Crippen LogP contribution in [-0.2, 0) is 16.0 Å². The van der Waals surface area contributed by atoms with Crippen molar-refractivity contribution in [2.75, 3.05) is 32.2 Å². The molecular formula is C17H28N2O2. The summed E-state index contributed by atoms with van der Waals surface area (Å²) < 4.78 is 11.0. The first-order valence-electron chi connectivity index (χ1n) is 7.57. The van der Waals surface area contributed by atoms with Gasteiger partial charge in [-0.25, -0.2) is 0 Å². The van der Waals surface area contributed by atoms with Gasteiger partial charge in [-0.15, -0.1) is 0 Å². The Bertz CT molecular complexity index is 427. The first kappa shape index (κ1) is 16.3. The fourth-order valence-corrected chi connectivity index (χ4v) is 2.60. The van der Waals surface area contributed by atoms with E-state index in [1.165, 1.54) is 11.3 Å². The van der Waals surface area contributed by atoms with Gasteiger partial charge in [-0.2, -0.15) is 0 Å². The van der Waals surface area contributed by atoms with Gasteiger partial charge in [-0.05, 0) is 38.5 Å². The van der Waals surface area contributed by atoms with E-state index in [1.807, 2.05) is 0 Å². The maximum Gasteiger partial charge on any atom is 0.102 e. The van der Waals surface area contributed by atoms with Crippen LogP contribution in [-0.4, -0.2) is 45.1 Å². The molecule has 0 saturated carbocycles. The van der Waals surface area contributed by atoms with E-state index in [4.69, 9.17) is 9.47 Å². The second-order valence-corrected chi connectivity index (χ2v) is 6.72. The number of ether oxygens (including phenoxy) is 2. The largest absolute Gasteiger partial charge is 0.377 e. The maximum atomic E-state index is 5.49. The van der Waals surface area contributed by atoms with E-state index in [0.29, 0.717) is 0 Å². The summed E-state index contributed by atoms with van der Waals surface area (Å²) in [7, 11) is 3.50. The number of methoxy groups -OCH3 is 2. The molecule has 2 unspecified atom stereocenters. The molecule has 2 atom stereocenters. The molecule has 1 fully saturated rings. The van der Waals surface area contributed by atoms with Crippen LogP contribution in [0.3, 0.4) is 0 Å². The minimum Gasteiger partial charge on any atom is -0.377 e. The maximum absolute atomic E-state index is 5.49. The number of anilines is 1. The molecule has 0 aliphatic carbocycles. The molecule has 0 spiro atoms. The summed E-state index contributed by atoms with van der Waals surface area (Å²) >= 11 is 0. The van der Waals surface area contributed by atoms with Crippen molar-refractivity contribution in [2.24, 2.45) is 0 Å². The molecule has 4 nitrogen and oxygen atoms in total. The van der Waals surface area contributed by atoms with E-state index in [-0.39, 0.29) is 17.7 Å². The standard InChI is InChI=1S/C17H28N2O2/c1-17(2,3)18-10-13-6-8-14(9-7-13)19-11-15(20-4)16(12-19)21-5/h6-9,15-16,18H,10-12H2,1-5H3. The van der Waals surface area contributed by atoms with Crippen LogP contribution in [0.2, 0.25) is 0 Å². The van der Waals surface area contributed by atoms with Crippen LogP contribution in [0.15, 0.2) is 24.3 Å². The fourth-order valence-electron chi connectivity index (χ4n) is 2.60. The van der Waals surface area contributed by atoms with Gasteiger partial charge in [-0.3, -0.25) is 0 Å².